The summed E-state index contributed by atoms with van der Waals surface area (Å²) in [5, 5.41) is 9.15. The lowest BCUT2D eigenvalue weighted by atomic mass is 10.2. The van der Waals surface area contributed by atoms with Crippen LogP contribution in [0.25, 0.3) is 11.2 Å². The first kappa shape index (κ1) is 20.8. The number of ether oxygens (including phenoxy) is 1. The molecule has 2 aromatic rings. The van der Waals surface area contributed by atoms with Crippen LogP contribution in [-0.2, 0) is 23.0 Å². The van der Waals surface area contributed by atoms with E-state index in [1.54, 1.807) is 4.57 Å². The van der Waals surface area contributed by atoms with E-state index in [1.165, 1.54) is 12.7 Å². The topological polar surface area (TPSA) is 220 Å². The molecule has 4 atom stereocenters. The molecule has 14 nitrogen and oxygen atoms in total. The summed E-state index contributed by atoms with van der Waals surface area (Å²) in [5.74, 6) is -4.12. The fourth-order valence-corrected chi connectivity index (χ4v) is 5.25. The highest BCUT2D eigenvalue weighted by atomic mass is 31.3. The van der Waals surface area contributed by atoms with Gasteiger partial charge in [0.1, 0.15) is 11.8 Å². The third kappa shape index (κ3) is 4.39. The summed E-state index contributed by atoms with van der Waals surface area (Å²) in [4.78, 5) is 50.5. The van der Waals surface area contributed by atoms with Gasteiger partial charge in [0, 0.05) is 6.04 Å². The van der Waals surface area contributed by atoms with Crippen molar-refractivity contribution in [2.24, 2.45) is 0 Å². The van der Waals surface area contributed by atoms with Crippen LogP contribution < -0.4 is 5.73 Å². The highest BCUT2D eigenvalue weighted by Gasteiger charge is 2.47. The fourth-order valence-electron chi connectivity index (χ4n) is 3.08. The molecule has 28 heavy (non-hydrogen) atoms. The number of nitrogens with two attached hydrogens (primary N) is 1. The zero-order valence-electron chi connectivity index (χ0n) is 14.1. The number of anilines is 1. The Hall–Kier alpha value is -1.92. The summed E-state index contributed by atoms with van der Waals surface area (Å²) < 4.78 is 33.4. The molecular formula is C12H17N5O9P2. The number of aliphatic carboxylic acids is 1. The van der Waals surface area contributed by atoms with Gasteiger partial charge in [-0.05, 0) is 19.3 Å². The van der Waals surface area contributed by atoms with Crippen molar-refractivity contribution < 1.29 is 42.8 Å². The van der Waals surface area contributed by atoms with Crippen LogP contribution in [0.3, 0.4) is 0 Å². The Morgan fingerprint density at radius 2 is 1.96 bits per heavy atom. The number of imidazole rings is 1. The van der Waals surface area contributed by atoms with Crippen LogP contribution in [0.4, 0.5) is 5.82 Å². The maximum absolute atomic E-state index is 12.0. The number of phosphoric acid groups is 1. The molecule has 16 heteroatoms. The number of carboxylic acid groups (broad SMARTS) is 1. The van der Waals surface area contributed by atoms with Gasteiger partial charge in [-0.1, -0.05) is 0 Å². The first-order chi connectivity index (χ1) is 13.0. The Balaban J connectivity index is 1.75. The number of fused-ring (bicyclic) bond motifs is 1. The molecular weight excluding hydrogens is 420 g/mol. The highest BCUT2D eigenvalue weighted by Crippen LogP contribution is 2.60. The minimum absolute atomic E-state index is 0.205. The second kappa shape index (κ2) is 7.48. The van der Waals surface area contributed by atoms with Crippen molar-refractivity contribution in [3.63, 3.8) is 0 Å². The van der Waals surface area contributed by atoms with Gasteiger partial charge in [-0.15, -0.1) is 0 Å². The first-order valence-corrected chi connectivity index (χ1v) is 11.1. The van der Waals surface area contributed by atoms with Gasteiger partial charge >= 0.3 is 21.4 Å². The van der Waals surface area contributed by atoms with Gasteiger partial charge < -0.3 is 34.8 Å². The number of hydrogen-bond donors (Lipinski definition) is 5. The summed E-state index contributed by atoms with van der Waals surface area (Å²) in [6, 6.07) is -0.209. The molecule has 0 spiro atoms. The second-order valence-electron chi connectivity index (χ2n) is 6.13. The van der Waals surface area contributed by atoms with Gasteiger partial charge in [-0.25, -0.2) is 28.6 Å². The Bertz CT molecular complexity index is 991. The molecule has 1 fully saturated rings. The quantitative estimate of drug-likeness (QED) is 0.366. The van der Waals surface area contributed by atoms with Gasteiger partial charge in [0.15, 0.2) is 11.5 Å². The molecule has 1 aliphatic rings. The normalized spacial score (nSPS) is 23.5. The monoisotopic (exact) mass is 437 g/mol. The van der Waals surface area contributed by atoms with E-state index in [4.69, 9.17) is 25.4 Å². The molecule has 0 radical (unpaired) electrons. The van der Waals surface area contributed by atoms with Crippen LogP contribution >= 0.6 is 15.4 Å². The molecule has 0 amide bonds. The molecule has 1 saturated carbocycles. The fraction of sp³-hybridized carbons (Fsp3) is 0.500. The van der Waals surface area contributed by atoms with E-state index < -0.39 is 33.3 Å². The van der Waals surface area contributed by atoms with E-state index in [-0.39, 0.29) is 18.3 Å². The average Bonchev–Trinajstić information content (AvgIpc) is 3.16. The molecule has 2 heterocycles. The number of carboxylic acids is 1. The minimum atomic E-state index is -5.40. The van der Waals surface area contributed by atoms with Crippen molar-refractivity contribution in [3.05, 3.63) is 12.7 Å². The number of nitrogen functional groups attached to an aromatic ring is 1. The molecule has 6 N–H and O–H groups in total. The van der Waals surface area contributed by atoms with Crippen molar-refractivity contribution in [2.75, 3.05) is 5.73 Å². The van der Waals surface area contributed by atoms with E-state index in [9.17, 15) is 18.8 Å². The van der Waals surface area contributed by atoms with Crippen molar-refractivity contribution >= 4 is 38.4 Å². The Kier molecular flexibility index (Phi) is 5.56. The zero-order valence-corrected chi connectivity index (χ0v) is 15.9. The van der Waals surface area contributed by atoms with E-state index in [1.807, 2.05) is 0 Å². The summed E-state index contributed by atoms with van der Waals surface area (Å²) in [6.07, 6.45) is 3.09. The molecule has 2 aromatic heterocycles. The van der Waals surface area contributed by atoms with Gasteiger partial charge in [-0.2, -0.15) is 0 Å². The van der Waals surface area contributed by atoms with Gasteiger partial charge in [0.2, 0.25) is 0 Å². The van der Waals surface area contributed by atoms with Crippen molar-refractivity contribution in [1.82, 2.24) is 19.5 Å². The van der Waals surface area contributed by atoms with Gasteiger partial charge in [0.05, 0.1) is 12.4 Å². The van der Waals surface area contributed by atoms with E-state index in [2.05, 4.69) is 19.3 Å². The number of rotatable bonds is 7. The van der Waals surface area contributed by atoms with E-state index in [0.29, 0.717) is 24.0 Å². The lowest BCUT2D eigenvalue weighted by Crippen LogP contribution is -2.29. The van der Waals surface area contributed by atoms with Crippen molar-refractivity contribution in [2.45, 2.75) is 37.3 Å². The predicted octanol–water partition coefficient (Wildman–Crippen LogP) is 0.224. The molecule has 0 aromatic carbocycles. The first-order valence-electron chi connectivity index (χ1n) is 7.88. The Morgan fingerprint density at radius 1 is 1.25 bits per heavy atom. The molecule has 0 aliphatic heterocycles. The molecule has 1 aliphatic carbocycles. The number of nitrogens with zero attached hydrogens (tertiary/aromatic N) is 4. The summed E-state index contributed by atoms with van der Waals surface area (Å²) in [6.45, 7) is 0. The smallest absolute Gasteiger partial charge is 0.476 e. The van der Waals surface area contributed by atoms with E-state index >= 15 is 0 Å². The lowest BCUT2D eigenvalue weighted by Gasteiger charge is -2.23. The second-order valence-corrected chi connectivity index (χ2v) is 9.37. The maximum atomic E-state index is 12.0. The van der Waals surface area contributed by atoms with Crippen LogP contribution in [0.2, 0.25) is 0 Å². The average molecular weight is 437 g/mol. The minimum Gasteiger partial charge on any atom is -0.479 e. The van der Waals surface area contributed by atoms with Crippen LogP contribution in [0.15, 0.2) is 12.7 Å². The third-order valence-electron chi connectivity index (χ3n) is 4.19. The number of hydrogen-bond acceptors (Lipinski definition) is 9. The molecule has 2 unspecified atom stereocenters. The van der Waals surface area contributed by atoms with Gasteiger partial charge in [0.25, 0.3) is 5.85 Å². The van der Waals surface area contributed by atoms with Gasteiger partial charge in [-0.3, -0.25) is 4.57 Å². The summed E-state index contributed by atoms with van der Waals surface area (Å²) >= 11 is 0. The van der Waals surface area contributed by atoms with Crippen molar-refractivity contribution in [1.29, 1.82) is 0 Å². The third-order valence-corrected chi connectivity index (χ3v) is 6.91. The molecule has 0 bridgehead atoms. The zero-order chi connectivity index (χ0) is 20.7. The molecule has 154 valence electrons. The van der Waals surface area contributed by atoms with Crippen LogP contribution in [0.1, 0.15) is 25.3 Å². The Morgan fingerprint density at radius 3 is 2.61 bits per heavy atom. The molecule has 3 rings (SSSR count). The Labute approximate surface area is 157 Å². The predicted molar refractivity (Wildman–Crippen MR) is 91.9 cm³/mol. The number of aromatic nitrogens is 4. The maximum Gasteiger partial charge on any atom is 0.476 e. The van der Waals surface area contributed by atoms with E-state index in [0.717, 1.165) is 0 Å². The van der Waals surface area contributed by atoms with Crippen LogP contribution in [0.5, 0.6) is 0 Å². The van der Waals surface area contributed by atoms with Crippen LogP contribution in [0, 0.1) is 0 Å². The summed E-state index contributed by atoms with van der Waals surface area (Å²) in [7, 11) is -10.7. The number of carbonyl (C=O) groups is 1. The lowest BCUT2D eigenvalue weighted by molar-refractivity contribution is -0.148. The standard InChI is InChI=1S/C12H17N5O9P2/c13-9-8-10(15-4-14-9)17(5-16-8)6-1-2-7(3-6)25-12(11(18)19)27(20,21)26-28(22,23)24/h4-7,12H,1-3H2,(H,18,19)(H,20,21)(H2,13,14,15)(H2,22,23,24)/t6-,7+,12?/m0/s1. The SMILES string of the molecule is Nc1ncnc2c1ncn2[C@H]1CC[C@@H](OC(C(=O)O)P(=O)(O)OP(=O)(O)O)C1. The summed E-state index contributed by atoms with van der Waals surface area (Å²) in [5.41, 5.74) is 6.62. The van der Waals surface area contributed by atoms with Crippen LogP contribution in [-0.4, -0.2) is 57.2 Å². The highest BCUT2D eigenvalue weighted by molar-refractivity contribution is 7.64. The largest absolute Gasteiger partial charge is 0.479 e. The van der Waals surface area contributed by atoms with Crippen molar-refractivity contribution in [3.8, 4) is 0 Å². The molecule has 0 saturated heterocycles.